The Labute approximate surface area is 140 Å². The molecular weight excluding hydrogens is 308 g/mol. The summed E-state index contributed by atoms with van der Waals surface area (Å²) in [6.07, 6.45) is 3.05. The van der Waals surface area contributed by atoms with E-state index >= 15 is 0 Å². The molecule has 0 saturated heterocycles. The number of aromatic nitrogens is 5. The van der Waals surface area contributed by atoms with Crippen LogP contribution in [-0.4, -0.2) is 37.0 Å². The van der Waals surface area contributed by atoms with Crippen molar-refractivity contribution in [3.05, 3.63) is 28.6 Å². The van der Waals surface area contributed by atoms with Gasteiger partial charge in [0.25, 0.3) is 5.91 Å². The number of hydrogen-bond acceptors (Lipinski definition) is 5. The van der Waals surface area contributed by atoms with Crippen LogP contribution in [0.1, 0.15) is 72.1 Å². The standard InChI is InChI=1S/C16H22N6O2/c1-8-6-11-13(9(2)24-8)19-20-14(11)16(23)17-7-12-18-21-15(22(12)3)10-4-5-10/h8-10H,4-7H2,1-3H3,(H,17,23)(H,19,20)/t8-,9+/m1/s1. The first-order valence-corrected chi connectivity index (χ1v) is 8.43. The highest BCUT2D eigenvalue weighted by molar-refractivity contribution is 5.94. The molecule has 1 saturated carbocycles. The summed E-state index contributed by atoms with van der Waals surface area (Å²) in [6, 6.07) is 0. The Bertz CT molecular complexity index is 776. The van der Waals surface area contributed by atoms with Crippen LogP contribution in [0.2, 0.25) is 0 Å². The number of hydrogen-bond donors (Lipinski definition) is 2. The van der Waals surface area contributed by atoms with E-state index in [1.165, 1.54) is 12.8 Å². The van der Waals surface area contributed by atoms with Crippen LogP contribution in [0.15, 0.2) is 0 Å². The van der Waals surface area contributed by atoms with Gasteiger partial charge in [-0.3, -0.25) is 9.89 Å². The predicted molar refractivity (Wildman–Crippen MR) is 85.4 cm³/mol. The molecule has 0 radical (unpaired) electrons. The molecule has 2 aliphatic rings. The predicted octanol–water partition coefficient (Wildman–Crippen LogP) is 1.37. The molecule has 1 amide bonds. The lowest BCUT2D eigenvalue weighted by Crippen LogP contribution is -2.28. The van der Waals surface area contributed by atoms with Crippen molar-refractivity contribution in [2.24, 2.45) is 7.05 Å². The molecule has 1 aliphatic heterocycles. The van der Waals surface area contributed by atoms with E-state index in [9.17, 15) is 4.79 Å². The fourth-order valence-electron chi connectivity index (χ4n) is 3.33. The van der Waals surface area contributed by atoms with Crippen molar-refractivity contribution in [1.29, 1.82) is 0 Å². The van der Waals surface area contributed by atoms with Gasteiger partial charge in [-0.1, -0.05) is 0 Å². The SMILES string of the molecule is C[C@@H]1Cc2c(C(=O)NCc3nnc(C4CC4)n3C)n[nH]c2[C@H](C)O1. The van der Waals surface area contributed by atoms with Gasteiger partial charge in [0.15, 0.2) is 11.5 Å². The summed E-state index contributed by atoms with van der Waals surface area (Å²) in [6.45, 7) is 4.32. The van der Waals surface area contributed by atoms with Crippen molar-refractivity contribution in [3.63, 3.8) is 0 Å². The number of amides is 1. The summed E-state index contributed by atoms with van der Waals surface area (Å²) in [5.74, 6) is 2.12. The van der Waals surface area contributed by atoms with Gasteiger partial charge in [-0.2, -0.15) is 5.10 Å². The maximum atomic E-state index is 12.5. The molecule has 4 rings (SSSR count). The van der Waals surface area contributed by atoms with Crippen LogP contribution in [0.5, 0.6) is 0 Å². The van der Waals surface area contributed by atoms with Crippen molar-refractivity contribution in [2.45, 2.75) is 57.8 Å². The number of H-pyrrole nitrogens is 1. The number of rotatable bonds is 4. The summed E-state index contributed by atoms with van der Waals surface area (Å²) in [7, 11) is 1.95. The van der Waals surface area contributed by atoms with Crippen molar-refractivity contribution in [1.82, 2.24) is 30.3 Å². The molecule has 1 aliphatic carbocycles. The van der Waals surface area contributed by atoms with Gasteiger partial charge in [0.1, 0.15) is 5.82 Å². The van der Waals surface area contributed by atoms with E-state index in [0.29, 0.717) is 24.6 Å². The third-order valence-corrected chi connectivity index (χ3v) is 4.80. The maximum absolute atomic E-state index is 12.5. The molecule has 1 fully saturated rings. The highest BCUT2D eigenvalue weighted by Crippen LogP contribution is 2.38. The Hall–Kier alpha value is -2.22. The zero-order valence-corrected chi connectivity index (χ0v) is 14.2. The lowest BCUT2D eigenvalue weighted by Gasteiger charge is -2.25. The summed E-state index contributed by atoms with van der Waals surface area (Å²) < 4.78 is 7.74. The Morgan fingerprint density at radius 3 is 2.92 bits per heavy atom. The van der Waals surface area contributed by atoms with E-state index in [0.717, 1.165) is 22.9 Å². The van der Waals surface area contributed by atoms with E-state index in [1.54, 1.807) is 0 Å². The number of aromatic amines is 1. The summed E-state index contributed by atoms with van der Waals surface area (Å²) in [4.78, 5) is 12.5. The second-order valence-corrected chi connectivity index (χ2v) is 6.75. The van der Waals surface area contributed by atoms with Crippen LogP contribution in [0.4, 0.5) is 0 Å². The lowest BCUT2D eigenvalue weighted by molar-refractivity contribution is -0.00697. The molecule has 24 heavy (non-hydrogen) atoms. The number of nitrogens with zero attached hydrogens (tertiary/aromatic N) is 4. The van der Waals surface area contributed by atoms with Gasteiger partial charge < -0.3 is 14.6 Å². The summed E-state index contributed by atoms with van der Waals surface area (Å²) >= 11 is 0. The maximum Gasteiger partial charge on any atom is 0.272 e. The van der Waals surface area contributed by atoms with Crippen LogP contribution in [0.25, 0.3) is 0 Å². The minimum Gasteiger partial charge on any atom is -0.369 e. The molecule has 2 aromatic heterocycles. The molecule has 2 atom stereocenters. The topological polar surface area (TPSA) is 97.7 Å². The average Bonchev–Trinajstić information content (AvgIpc) is 3.18. The minimum atomic E-state index is -0.190. The third-order valence-electron chi connectivity index (χ3n) is 4.80. The van der Waals surface area contributed by atoms with Crippen molar-refractivity contribution < 1.29 is 9.53 Å². The third kappa shape index (κ3) is 2.60. The van der Waals surface area contributed by atoms with Gasteiger partial charge in [0.05, 0.1) is 24.4 Å². The van der Waals surface area contributed by atoms with Crippen LogP contribution in [0.3, 0.4) is 0 Å². The van der Waals surface area contributed by atoms with Gasteiger partial charge in [0, 0.05) is 24.9 Å². The first-order chi connectivity index (χ1) is 11.5. The molecule has 128 valence electrons. The molecule has 8 heteroatoms. The van der Waals surface area contributed by atoms with Crippen molar-refractivity contribution in [3.8, 4) is 0 Å². The van der Waals surface area contributed by atoms with E-state index in [4.69, 9.17) is 4.74 Å². The van der Waals surface area contributed by atoms with E-state index in [1.807, 2.05) is 25.5 Å². The van der Waals surface area contributed by atoms with Gasteiger partial charge in [-0.25, -0.2) is 0 Å². The molecule has 0 spiro atoms. The number of carbonyl (C=O) groups excluding carboxylic acids is 1. The van der Waals surface area contributed by atoms with Crippen LogP contribution >= 0.6 is 0 Å². The molecule has 0 bridgehead atoms. The summed E-state index contributed by atoms with van der Waals surface area (Å²) in [5.41, 5.74) is 2.31. The molecule has 0 aromatic carbocycles. The van der Waals surface area contributed by atoms with Crippen LogP contribution in [0, 0.1) is 0 Å². The molecular formula is C16H22N6O2. The van der Waals surface area contributed by atoms with E-state index < -0.39 is 0 Å². The molecule has 8 nitrogen and oxygen atoms in total. The van der Waals surface area contributed by atoms with Crippen molar-refractivity contribution >= 4 is 5.91 Å². The fraction of sp³-hybridized carbons (Fsp3) is 0.625. The van der Waals surface area contributed by atoms with Crippen molar-refractivity contribution in [2.75, 3.05) is 0 Å². The zero-order valence-electron chi connectivity index (χ0n) is 14.2. The summed E-state index contributed by atoms with van der Waals surface area (Å²) in [5, 5.41) is 18.5. The largest absolute Gasteiger partial charge is 0.369 e. The molecule has 2 N–H and O–H groups in total. The number of ether oxygens (including phenoxy) is 1. The first-order valence-electron chi connectivity index (χ1n) is 8.43. The van der Waals surface area contributed by atoms with Gasteiger partial charge in [0.2, 0.25) is 0 Å². The average molecular weight is 330 g/mol. The number of carbonyl (C=O) groups is 1. The van der Waals surface area contributed by atoms with Gasteiger partial charge in [-0.05, 0) is 26.7 Å². The monoisotopic (exact) mass is 330 g/mol. The highest BCUT2D eigenvalue weighted by atomic mass is 16.5. The lowest BCUT2D eigenvalue weighted by atomic mass is 9.99. The second-order valence-electron chi connectivity index (χ2n) is 6.75. The number of nitrogens with one attached hydrogen (secondary N) is 2. The zero-order chi connectivity index (χ0) is 16.8. The molecule has 2 aromatic rings. The highest BCUT2D eigenvalue weighted by Gasteiger charge is 2.31. The minimum absolute atomic E-state index is 0.0716. The first kappa shape index (κ1) is 15.3. The van der Waals surface area contributed by atoms with Crippen LogP contribution in [-0.2, 0) is 24.8 Å². The fourth-order valence-corrected chi connectivity index (χ4v) is 3.33. The van der Waals surface area contributed by atoms with Gasteiger partial charge >= 0.3 is 0 Å². The smallest absolute Gasteiger partial charge is 0.272 e. The molecule has 3 heterocycles. The van der Waals surface area contributed by atoms with Gasteiger partial charge in [-0.15, -0.1) is 10.2 Å². The Kier molecular flexibility index (Phi) is 3.64. The van der Waals surface area contributed by atoms with E-state index in [-0.39, 0.29) is 18.1 Å². The molecule has 0 unspecified atom stereocenters. The Morgan fingerprint density at radius 2 is 2.17 bits per heavy atom. The Morgan fingerprint density at radius 1 is 1.38 bits per heavy atom. The van der Waals surface area contributed by atoms with E-state index in [2.05, 4.69) is 25.7 Å². The normalized spacial score (nSPS) is 23.1. The quantitative estimate of drug-likeness (QED) is 0.882. The Balaban J connectivity index is 1.47. The second kappa shape index (κ2) is 5.70. The number of fused-ring (bicyclic) bond motifs is 1. The van der Waals surface area contributed by atoms with Crippen LogP contribution < -0.4 is 5.32 Å².